The van der Waals surface area contributed by atoms with Crippen LogP contribution < -0.4 is 11.3 Å². The Bertz CT molecular complexity index is 293. The van der Waals surface area contributed by atoms with Crippen LogP contribution in [0.1, 0.15) is 27.2 Å². The predicted molar refractivity (Wildman–Crippen MR) is 79.0 cm³/mol. The summed E-state index contributed by atoms with van der Waals surface area (Å²) in [5.41, 5.74) is 2.87. The fourth-order valence-electron chi connectivity index (χ4n) is 2.15. The van der Waals surface area contributed by atoms with Crippen molar-refractivity contribution in [1.29, 1.82) is 0 Å². The monoisotopic (exact) mass is 271 g/mol. The number of nitrogens with zero attached hydrogens (tertiary/aromatic N) is 3. The Morgan fingerprint density at radius 3 is 2.74 bits per heavy atom. The van der Waals surface area contributed by atoms with Crippen LogP contribution in [0.25, 0.3) is 0 Å². The Morgan fingerprint density at radius 2 is 2.16 bits per heavy atom. The summed E-state index contributed by atoms with van der Waals surface area (Å²) in [6.45, 7) is 11.6. The normalized spacial score (nSPS) is 20.7. The van der Waals surface area contributed by atoms with Gasteiger partial charge in [0, 0.05) is 44.9 Å². The molecule has 1 saturated heterocycles. The smallest absolute Gasteiger partial charge is 0.208 e. The fraction of sp³-hybridized carbons (Fsp3) is 0.923. The van der Waals surface area contributed by atoms with Crippen molar-refractivity contribution in [3.8, 4) is 0 Å². The zero-order valence-corrected chi connectivity index (χ0v) is 12.8. The van der Waals surface area contributed by atoms with Gasteiger partial charge in [-0.1, -0.05) is 0 Å². The van der Waals surface area contributed by atoms with Crippen molar-refractivity contribution in [1.82, 2.24) is 15.2 Å². The van der Waals surface area contributed by atoms with Crippen LogP contribution >= 0.6 is 0 Å². The lowest BCUT2D eigenvalue weighted by Crippen LogP contribution is -2.61. The molecule has 0 amide bonds. The number of rotatable bonds is 5. The molecule has 112 valence electrons. The molecule has 0 aliphatic carbocycles. The van der Waals surface area contributed by atoms with Crippen LogP contribution in [0.2, 0.25) is 0 Å². The van der Waals surface area contributed by atoms with E-state index in [1.165, 1.54) is 0 Å². The Hall–Kier alpha value is -0.850. The average Bonchev–Trinajstić information content (AvgIpc) is 2.37. The molecule has 1 heterocycles. The third-order valence-electron chi connectivity index (χ3n) is 3.66. The largest absolute Gasteiger partial charge is 0.382 e. The summed E-state index contributed by atoms with van der Waals surface area (Å²) in [7, 11) is 2.16. The molecule has 0 bridgehead atoms. The lowest BCUT2D eigenvalue weighted by molar-refractivity contribution is 0.0725. The molecule has 1 aliphatic heterocycles. The van der Waals surface area contributed by atoms with Crippen molar-refractivity contribution >= 4 is 5.96 Å². The first kappa shape index (κ1) is 16.2. The summed E-state index contributed by atoms with van der Waals surface area (Å²) in [4.78, 5) is 9.13. The van der Waals surface area contributed by atoms with Crippen molar-refractivity contribution in [3.05, 3.63) is 0 Å². The quantitative estimate of drug-likeness (QED) is 0.247. The lowest BCUT2D eigenvalue weighted by atomic mass is 10.00. The van der Waals surface area contributed by atoms with Gasteiger partial charge in [-0.15, -0.1) is 0 Å². The summed E-state index contributed by atoms with van der Waals surface area (Å²) < 4.78 is 5.30. The second kappa shape index (κ2) is 7.67. The molecule has 1 aliphatic rings. The summed E-state index contributed by atoms with van der Waals surface area (Å²) in [6.07, 6.45) is 0.927. The minimum absolute atomic E-state index is 0.140. The molecule has 0 atom stereocenters. The zero-order valence-electron chi connectivity index (χ0n) is 12.8. The molecule has 1 fully saturated rings. The number of aliphatic imine (C=N–C) groups is 1. The van der Waals surface area contributed by atoms with Crippen LogP contribution in [0, 0.1) is 0 Å². The van der Waals surface area contributed by atoms with Gasteiger partial charge >= 0.3 is 0 Å². The third kappa shape index (κ3) is 4.97. The number of ether oxygens (including phenoxy) is 1. The molecule has 0 unspecified atom stereocenters. The molecule has 1 rings (SSSR count). The summed E-state index contributed by atoms with van der Waals surface area (Å²) in [6, 6.07) is 0. The number of nitrogens with one attached hydrogen (secondary N) is 1. The molecular weight excluding hydrogens is 242 g/mol. The standard InChI is InChI=1S/C13H29N5O/c1-5-19-10-6-7-15-12(16-14)18-9-8-17(4)13(2,3)11-18/h5-11,14H2,1-4H3,(H,15,16). The van der Waals surface area contributed by atoms with Crippen molar-refractivity contribution in [2.75, 3.05) is 46.4 Å². The minimum atomic E-state index is 0.140. The molecule has 0 aromatic heterocycles. The minimum Gasteiger partial charge on any atom is -0.382 e. The first-order valence-electron chi connectivity index (χ1n) is 7.06. The SMILES string of the molecule is CCOCCCN=C(NN)N1CCN(C)C(C)(C)C1. The number of guanidine groups is 1. The topological polar surface area (TPSA) is 66.1 Å². The highest BCUT2D eigenvalue weighted by Crippen LogP contribution is 2.18. The average molecular weight is 271 g/mol. The molecule has 0 radical (unpaired) electrons. The molecule has 0 saturated carbocycles. The van der Waals surface area contributed by atoms with Crippen LogP contribution in [0.3, 0.4) is 0 Å². The maximum Gasteiger partial charge on any atom is 0.208 e. The van der Waals surface area contributed by atoms with Gasteiger partial charge < -0.3 is 9.64 Å². The Balaban J connectivity index is 2.48. The van der Waals surface area contributed by atoms with E-state index in [0.717, 1.165) is 51.8 Å². The van der Waals surface area contributed by atoms with Crippen LogP contribution in [0.15, 0.2) is 4.99 Å². The van der Waals surface area contributed by atoms with Gasteiger partial charge in [-0.05, 0) is 34.2 Å². The second-order valence-electron chi connectivity index (χ2n) is 5.56. The highest BCUT2D eigenvalue weighted by Gasteiger charge is 2.32. The summed E-state index contributed by atoms with van der Waals surface area (Å²) in [5, 5.41) is 0. The van der Waals surface area contributed by atoms with E-state index in [1.54, 1.807) is 0 Å². The Morgan fingerprint density at radius 1 is 1.42 bits per heavy atom. The van der Waals surface area contributed by atoms with E-state index < -0.39 is 0 Å². The summed E-state index contributed by atoms with van der Waals surface area (Å²) in [5.74, 6) is 6.39. The number of likely N-dealkylation sites (N-methyl/N-ethyl adjacent to an activating group) is 1. The number of hydrazine groups is 1. The van der Waals surface area contributed by atoms with Gasteiger partial charge in [-0.2, -0.15) is 0 Å². The van der Waals surface area contributed by atoms with E-state index in [0.29, 0.717) is 0 Å². The molecule has 0 spiro atoms. The summed E-state index contributed by atoms with van der Waals surface area (Å²) >= 11 is 0. The molecule has 6 heteroatoms. The van der Waals surface area contributed by atoms with Crippen LogP contribution in [-0.2, 0) is 4.74 Å². The van der Waals surface area contributed by atoms with E-state index >= 15 is 0 Å². The molecule has 19 heavy (non-hydrogen) atoms. The van der Waals surface area contributed by atoms with Gasteiger partial charge in [-0.25, -0.2) is 5.84 Å². The third-order valence-corrected chi connectivity index (χ3v) is 3.66. The zero-order chi connectivity index (χ0) is 14.3. The van der Waals surface area contributed by atoms with Crippen molar-refractivity contribution in [2.24, 2.45) is 10.8 Å². The van der Waals surface area contributed by atoms with Crippen LogP contribution in [0.5, 0.6) is 0 Å². The van der Waals surface area contributed by atoms with E-state index in [2.05, 4.69) is 41.1 Å². The van der Waals surface area contributed by atoms with Gasteiger partial charge in [0.05, 0.1) is 0 Å². The van der Waals surface area contributed by atoms with Crippen LogP contribution in [-0.4, -0.2) is 67.7 Å². The first-order valence-corrected chi connectivity index (χ1v) is 7.06. The maximum atomic E-state index is 5.60. The van der Waals surface area contributed by atoms with Gasteiger partial charge in [0.15, 0.2) is 0 Å². The Kier molecular flexibility index (Phi) is 6.54. The number of nitrogens with two attached hydrogens (primary N) is 1. The van der Waals surface area contributed by atoms with E-state index in [9.17, 15) is 0 Å². The van der Waals surface area contributed by atoms with Crippen LogP contribution in [0.4, 0.5) is 0 Å². The van der Waals surface area contributed by atoms with Gasteiger partial charge in [0.1, 0.15) is 0 Å². The number of hydrogen-bond donors (Lipinski definition) is 2. The second-order valence-corrected chi connectivity index (χ2v) is 5.56. The van der Waals surface area contributed by atoms with Gasteiger partial charge in [-0.3, -0.25) is 15.3 Å². The van der Waals surface area contributed by atoms with Gasteiger partial charge in [0.25, 0.3) is 0 Å². The van der Waals surface area contributed by atoms with Gasteiger partial charge in [0.2, 0.25) is 5.96 Å². The molecular formula is C13H29N5O. The number of hydrogen-bond acceptors (Lipinski definition) is 4. The highest BCUT2D eigenvalue weighted by molar-refractivity contribution is 5.79. The number of piperazine rings is 1. The lowest BCUT2D eigenvalue weighted by Gasteiger charge is -2.46. The Labute approximate surface area is 117 Å². The van der Waals surface area contributed by atoms with E-state index in [1.807, 2.05) is 6.92 Å². The predicted octanol–water partition coefficient (Wildman–Crippen LogP) is 0.258. The molecule has 0 aromatic rings. The van der Waals surface area contributed by atoms with E-state index in [4.69, 9.17) is 10.6 Å². The molecule has 0 aromatic carbocycles. The molecule has 6 nitrogen and oxygen atoms in total. The van der Waals surface area contributed by atoms with Crippen molar-refractivity contribution in [2.45, 2.75) is 32.7 Å². The van der Waals surface area contributed by atoms with Crippen molar-refractivity contribution in [3.63, 3.8) is 0 Å². The molecule has 3 N–H and O–H groups in total. The fourth-order valence-corrected chi connectivity index (χ4v) is 2.15. The maximum absolute atomic E-state index is 5.60. The highest BCUT2D eigenvalue weighted by atomic mass is 16.5. The first-order chi connectivity index (χ1) is 9.01. The van der Waals surface area contributed by atoms with Crippen molar-refractivity contribution < 1.29 is 4.74 Å². The van der Waals surface area contributed by atoms with E-state index in [-0.39, 0.29) is 5.54 Å².